The van der Waals surface area contributed by atoms with Crippen LogP contribution in [0.4, 0.5) is 0 Å². The van der Waals surface area contributed by atoms with Gasteiger partial charge in [-0.15, -0.1) is 0 Å². The molecule has 0 aromatic heterocycles. The van der Waals surface area contributed by atoms with Crippen LogP contribution in [-0.2, 0) is 20.9 Å². The lowest BCUT2D eigenvalue weighted by molar-refractivity contribution is -0.146. The summed E-state index contributed by atoms with van der Waals surface area (Å²) in [5.41, 5.74) is 0.942. The maximum Gasteiger partial charge on any atom is 0.310 e. The number of carbonyl (C=O) groups is 2. The van der Waals surface area contributed by atoms with Crippen LogP contribution >= 0.6 is 15.9 Å². The average Bonchev–Trinajstić information content (AvgIpc) is 3.06. The minimum atomic E-state index is -0.993. The molecule has 110 valence electrons. The number of fused-ring (bicyclic) bond motifs is 2. The maximum atomic E-state index is 12.3. The molecule has 2 N–H and O–H groups in total. The fraction of sp³-hybridized carbons (Fsp3) is 0.333. The lowest BCUT2D eigenvalue weighted by atomic mass is 9.82. The zero-order valence-corrected chi connectivity index (χ0v) is 12.6. The van der Waals surface area contributed by atoms with Crippen molar-refractivity contribution in [3.63, 3.8) is 0 Å². The predicted molar refractivity (Wildman–Crippen MR) is 78.4 cm³/mol. The molecule has 2 aliphatic rings. The molecule has 0 radical (unpaired) electrons. The summed E-state index contributed by atoms with van der Waals surface area (Å²) in [6.07, 6.45) is 2.57. The molecule has 0 aliphatic carbocycles. The van der Waals surface area contributed by atoms with E-state index < -0.39 is 30.0 Å². The second-order valence-corrected chi connectivity index (χ2v) is 6.00. The van der Waals surface area contributed by atoms with Gasteiger partial charge in [0.2, 0.25) is 5.91 Å². The molecule has 0 saturated carbocycles. The lowest BCUT2D eigenvalue weighted by Crippen LogP contribution is -2.42. The van der Waals surface area contributed by atoms with E-state index in [0.717, 1.165) is 10.0 Å². The van der Waals surface area contributed by atoms with Crippen LogP contribution in [0.25, 0.3) is 0 Å². The van der Waals surface area contributed by atoms with Crippen LogP contribution in [0.3, 0.4) is 0 Å². The first kappa shape index (κ1) is 14.3. The van der Waals surface area contributed by atoms with E-state index >= 15 is 0 Å². The number of carboxylic acid groups (broad SMARTS) is 1. The van der Waals surface area contributed by atoms with Gasteiger partial charge in [-0.2, -0.15) is 0 Å². The molecule has 21 heavy (non-hydrogen) atoms. The van der Waals surface area contributed by atoms with Crippen molar-refractivity contribution in [2.75, 3.05) is 0 Å². The third-order valence-corrected chi connectivity index (χ3v) is 4.67. The summed E-state index contributed by atoms with van der Waals surface area (Å²) in [5.74, 6) is -2.75. The monoisotopic (exact) mass is 351 g/mol. The highest BCUT2D eigenvalue weighted by molar-refractivity contribution is 9.10. The number of hydrogen-bond donors (Lipinski definition) is 2. The van der Waals surface area contributed by atoms with E-state index in [4.69, 9.17) is 4.74 Å². The molecule has 3 rings (SSSR count). The number of aliphatic carboxylic acids is 1. The van der Waals surface area contributed by atoms with Crippen molar-refractivity contribution in [2.45, 2.75) is 18.8 Å². The number of carbonyl (C=O) groups excluding carboxylic acids is 1. The molecule has 2 bridgehead atoms. The summed E-state index contributed by atoms with van der Waals surface area (Å²) in [6.45, 7) is 0.351. The lowest BCUT2D eigenvalue weighted by Gasteiger charge is -2.21. The summed E-state index contributed by atoms with van der Waals surface area (Å²) in [7, 11) is 0. The van der Waals surface area contributed by atoms with Crippen molar-refractivity contribution in [1.29, 1.82) is 0 Å². The molecule has 4 atom stereocenters. The molecule has 1 aromatic carbocycles. The SMILES string of the molecule is O=C(O)[C@@H]1[C@H](C(=O)NCc2ccccc2Br)[C@@H]2C=C[C@@H]1O2. The van der Waals surface area contributed by atoms with Crippen molar-refractivity contribution < 1.29 is 19.4 Å². The number of ether oxygens (including phenoxy) is 1. The maximum absolute atomic E-state index is 12.3. The molecule has 0 unspecified atom stereocenters. The Kier molecular flexibility index (Phi) is 3.82. The van der Waals surface area contributed by atoms with Crippen LogP contribution in [0.5, 0.6) is 0 Å². The predicted octanol–water partition coefficient (Wildman–Crippen LogP) is 1.72. The summed E-state index contributed by atoms with van der Waals surface area (Å²) >= 11 is 3.42. The van der Waals surface area contributed by atoms with Crippen LogP contribution in [0.15, 0.2) is 40.9 Å². The van der Waals surface area contributed by atoms with E-state index in [0.29, 0.717) is 6.54 Å². The smallest absolute Gasteiger partial charge is 0.310 e. The largest absolute Gasteiger partial charge is 0.481 e. The van der Waals surface area contributed by atoms with E-state index in [1.54, 1.807) is 12.2 Å². The molecular formula is C15H14BrNO4. The Balaban J connectivity index is 1.69. The third-order valence-electron chi connectivity index (χ3n) is 3.90. The Morgan fingerprint density at radius 3 is 2.52 bits per heavy atom. The molecule has 0 spiro atoms. The Bertz CT molecular complexity index is 615. The van der Waals surface area contributed by atoms with Crippen LogP contribution in [0, 0.1) is 11.8 Å². The highest BCUT2D eigenvalue weighted by Gasteiger charge is 2.53. The first-order valence-electron chi connectivity index (χ1n) is 6.65. The molecular weight excluding hydrogens is 338 g/mol. The second-order valence-electron chi connectivity index (χ2n) is 5.15. The molecule has 1 aromatic rings. The van der Waals surface area contributed by atoms with Crippen molar-refractivity contribution in [1.82, 2.24) is 5.32 Å². The summed E-state index contributed by atoms with van der Waals surface area (Å²) in [5, 5.41) is 12.1. The van der Waals surface area contributed by atoms with Gasteiger partial charge in [0, 0.05) is 11.0 Å². The van der Waals surface area contributed by atoms with Gasteiger partial charge in [-0.3, -0.25) is 9.59 Å². The zero-order chi connectivity index (χ0) is 15.0. The van der Waals surface area contributed by atoms with Crippen LogP contribution in [0.2, 0.25) is 0 Å². The minimum Gasteiger partial charge on any atom is -0.481 e. The standard InChI is InChI=1S/C15H14BrNO4/c16-9-4-2-1-3-8(9)7-17-14(18)12-10-5-6-11(21-10)13(12)15(19)20/h1-6,10-13H,7H2,(H,17,18)(H,19,20)/t10-,11-,12+,13-/m0/s1. The highest BCUT2D eigenvalue weighted by atomic mass is 79.9. The molecule has 2 heterocycles. The van der Waals surface area contributed by atoms with Gasteiger partial charge in [-0.25, -0.2) is 0 Å². The van der Waals surface area contributed by atoms with E-state index in [1.165, 1.54) is 0 Å². The molecule has 1 saturated heterocycles. The van der Waals surface area contributed by atoms with Crippen molar-refractivity contribution in [3.05, 3.63) is 46.5 Å². The minimum absolute atomic E-state index is 0.282. The van der Waals surface area contributed by atoms with Gasteiger partial charge in [0.25, 0.3) is 0 Å². The van der Waals surface area contributed by atoms with Crippen molar-refractivity contribution in [2.24, 2.45) is 11.8 Å². The fourth-order valence-electron chi connectivity index (χ4n) is 2.86. The van der Waals surface area contributed by atoms with Crippen molar-refractivity contribution >= 4 is 27.8 Å². The number of carboxylic acids is 1. The number of amides is 1. The van der Waals surface area contributed by atoms with Crippen LogP contribution in [0.1, 0.15) is 5.56 Å². The second kappa shape index (κ2) is 5.61. The van der Waals surface area contributed by atoms with Gasteiger partial charge in [0.05, 0.1) is 18.1 Å². The Morgan fingerprint density at radius 2 is 1.86 bits per heavy atom. The molecule has 1 fully saturated rings. The van der Waals surface area contributed by atoms with Crippen molar-refractivity contribution in [3.8, 4) is 0 Å². The topological polar surface area (TPSA) is 75.6 Å². The van der Waals surface area contributed by atoms with E-state index in [2.05, 4.69) is 21.2 Å². The molecule has 6 heteroatoms. The number of hydrogen-bond acceptors (Lipinski definition) is 3. The number of nitrogens with one attached hydrogen (secondary N) is 1. The van der Waals surface area contributed by atoms with Crippen LogP contribution < -0.4 is 5.32 Å². The Labute approximate surface area is 130 Å². The molecule has 1 amide bonds. The first-order valence-corrected chi connectivity index (χ1v) is 7.45. The zero-order valence-electron chi connectivity index (χ0n) is 11.0. The molecule has 2 aliphatic heterocycles. The Hall–Kier alpha value is -1.66. The fourth-order valence-corrected chi connectivity index (χ4v) is 3.28. The summed E-state index contributed by atoms with van der Waals surface area (Å²) in [4.78, 5) is 23.7. The average molecular weight is 352 g/mol. The van der Waals surface area contributed by atoms with E-state index in [-0.39, 0.29) is 5.91 Å². The van der Waals surface area contributed by atoms with Gasteiger partial charge in [-0.1, -0.05) is 46.3 Å². The van der Waals surface area contributed by atoms with Gasteiger partial charge in [0.1, 0.15) is 5.92 Å². The Morgan fingerprint density at radius 1 is 1.19 bits per heavy atom. The van der Waals surface area contributed by atoms with E-state index in [9.17, 15) is 14.7 Å². The summed E-state index contributed by atoms with van der Waals surface area (Å²) < 4.78 is 6.40. The normalized spacial score (nSPS) is 29.6. The quantitative estimate of drug-likeness (QED) is 0.810. The van der Waals surface area contributed by atoms with Gasteiger partial charge in [0.15, 0.2) is 0 Å². The number of benzene rings is 1. The summed E-state index contributed by atoms with van der Waals surface area (Å²) in [6, 6.07) is 7.57. The first-order chi connectivity index (χ1) is 10.1. The van der Waals surface area contributed by atoms with Gasteiger partial charge < -0.3 is 15.2 Å². The van der Waals surface area contributed by atoms with E-state index in [1.807, 2.05) is 24.3 Å². The van der Waals surface area contributed by atoms with Crippen LogP contribution in [-0.4, -0.2) is 29.2 Å². The highest BCUT2D eigenvalue weighted by Crippen LogP contribution is 2.39. The third kappa shape index (κ3) is 2.61. The van der Waals surface area contributed by atoms with Gasteiger partial charge in [-0.05, 0) is 11.6 Å². The number of halogens is 1. The molecule has 5 nitrogen and oxygen atoms in total. The number of rotatable bonds is 4. The van der Waals surface area contributed by atoms with Gasteiger partial charge >= 0.3 is 5.97 Å².